The van der Waals surface area contributed by atoms with Gasteiger partial charge in [-0.25, -0.2) is 0 Å². The maximum Gasteiger partial charge on any atom is 0.0140 e. The Balaban J connectivity index is 0.00000169. The molecule has 0 spiro atoms. The predicted octanol–water partition coefficient (Wildman–Crippen LogP) is 3.17. The lowest BCUT2D eigenvalue weighted by Gasteiger charge is -2.08. The van der Waals surface area contributed by atoms with E-state index in [1.54, 1.807) is 0 Å². The van der Waals surface area contributed by atoms with Crippen LogP contribution in [0.25, 0.3) is 5.57 Å². The zero-order chi connectivity index (χ0) is 9.84. The van der Waals surface area contributed by atoms with Crippen LogP contribution in [-0.4, -0.2) is 6.54 Å². The van der Waals surface area contributed by atoms with Gasteiger partial charge in [0.1, 0.15) is 0 Å². The van der Waals surface area contributed by atoms with Gasteiger partial charge >= 0.3 is 0 Å². The second-order valence-electron chi connectivity index (χ2n) is 3.42. The fourth-order valence-corrected chi connectivity index (χ4v) is 1.38. The third-order valence-electron chi connectivity index (χ3n) is 2.50. The fourth-order valence-electron chi connectivity index (χ4n) is 1.38. The van der Waals surface area contributed by atoms with Crippen LogP contribution in [0.5, 0.6) is 0 Å². The van der Waals surface area contributed by atoms with Crippen molar-refractivity contribution in [1.82, 2.24) is 0 Å². The summed E-state index contributed by atoms with van der Waals surface area (Å²) in [7, 11) is 0. The van der Waals surface area contributed by atoms with Gasteiger partial charge in [-0.3, -0.25) is 0 Å². The quantitative estimate of drug-likeness (QED) is 0.799. The largest absolute Gasteiger partial charge is 0.327 e. The molecule has 1 aromatic rings. The molecule has 0 unspecified atom stereocenters. The number of allylic oxidation sites excluding steroid dienone is 1. The summed E-state index contributed by atoms with van der Waals surface area (Å²) in [5.41, 5.74) is 10.8. The summed E-state index contributed by atoms with van der Waals surface area (Å²) in [5.74, 6) is 0. The van der Waals surface area contributed by atoms with E-state index in [9.17, 15) is 0 Å². The SMILES string of the molecule is CC(CN)=C(C)c1ccccc1C.Cl. The molecule has 0 amide bonds. The maximum absolute atomic E-state index is 5.60. The highest BCUT2D eigenvalue weighted by atomic mass is 35.5. The molecular formula is C12H18ClN. The first-order chi connectivity index (χ1) is 6.16. The van der Waals surface area contributed by atoms with Crippen molar-refractivity contribution in [3.05, 3.63) is 41.0 Å². The van der Waals surface area contributed by atoms with Gasteiger partial charge in [0, 0.05) is 6.54 Å². The maximum atomic E-state index is 5.60. The lowest BCUT2D eigenvalue weighted by molar-refractivity contribution is 1.13. The van der Waals surface area contributed by atoms with E-state index >= 15 is 0 Å². The molecule has 0 heterocycles. The molecule has 0 saturated carbocycles. The average molecular weight is 212 g/mol. The Labute approximate surface area is 92.4 Å². The minimum absolute atomic E-state index is 0. The van der Waals surface area contributed by atoms with Gasteiger partial charge in [0.25, 0.3) is 0 Å². The Morgan fingerprint density at radius 1 is 1.21 bits per heavy atom. The van der Waals surface area contributed by atoms with Crippen LogP contribution in [0.4, 0.5) is 0 Å². The molecule has 1 rings (SSSR count). The van der Waals surface area contributed by atoms with E-state index in [-0.39, 0.29) is 12.4 Å². The molecule has 14 heavy (non-hydrogen) atoms. The van der Waals surface area contributed by atoms with Crippen LogP contribution in [0.1, 0.15) is 25.0 Å². The highest BCUT2D eigenvalue weighted by Crippen LogP contribution is 2.20. The summed E-state index contributed by atoms with van der Waals surface area (Å²) in [6.45, 7) is 6.98. The number of halogens is 1. The molecule has 0 fully saturated rings. The van der Waals surface area contributed by atoms with E-state index in [1.165, 1.54) is 22.3 Å². The highest BCUT2D eigenvalue weighted by Gasteiger charge is 2.01. The molecule has 78 valence electrons. The van der Waals surface area contributed by atoms with Gasteiger partial charge in [-0.1, -0.05) is 29.8 Å². The van der Waals surface area contributed by atoms with Crippen LogP contribution >= 0.6 is 12.4 Å². The first-order valence-electron chi connectivity index (χ1n) is 4.59. The Kier molecular flexibility index (Phi) is 5.51. The molecule has 0 saturated heterocycles. The van der Waals surface area contributed by atoms with Crippen molar-refractivity contribution < 1.29 is 0 Å². The Hall–Kier alpha value is -0.790. The van der Waals surface area contributed by atoms with Crippen molar-refractivity contribution in [2.24, 2.45) is 5.73 Å². The van der Waals surface area contributed by atoms with E-state index in [1.807, 2.05) is 0 Å². The van der Waals surface area contributed by atoms with Gasteiger partial charge in [-0.2, -0.15) is 0 Å². The molecule has 0 aliphatic rings. The Morgan fingerprint density at radius 3 is 2.29 bits per heavy atom. The van der Waals surface area contributed by atoms with E-state index in [0.717, 1.165) is 0 Å². The van der Waals surface area contributed by atoms with Crippen molar-refractivity contribution in [3.8, 4) is 0 Å². The third-order valence-corrected chi connectivity index (χ3v) is 2.50. The smallest absolute Gasteiger partial charge is 0.0140 e. The molecule has 0 bridgehead atoms. The highest BCUT2D eigenvalue weighted by molar-refractivity contribution is 5.85. The summed E-state index contributed by atoms with van der Waals surface area (Å²) in [6, 6.07) is 8.39. The van der Waals surface area contributed by atoms with Crippen molar-refractivity contribution in [3.63, 3.8) is 0 Å². The van der Waals surface area contributed by atoms with Crippen molar-refractivity contribution in [2.45, 2.75) is 20.8 Å². The van der Waals surface area contributed by atoms with E-state index in [2.05, 4.69) is 45.0 Å². The predicted molar refractivity (Wildman–Crippen MR) is 65.7 cm³/mol. The van der Waals surface area contributed by atoms with Crippen LogP contribution < -0.4 is 5.73 Å². The lowest BCUT2D eigenvalue weighted by atomic mass is 9.98. The molecule has 0 radical (unpaired) electrons. The van der Waals surface area contributed by atoms with Crippen molar-refractivity contribution >= 4 is 18.0 Å². The monoisotopic (exact) mass is 211 g/mol. The summed E-state index contributed by atoms with van der Waals surface area (Å²) in [6.07, 6.45) is 0. The summed E-state index contributed by atoms with van der Waals surface area (Å²) in [5, 5.41) is 0. The van der Waals surface area contributed by atoms with Gasteiger partial charge in [0.15, 0.2) is 0 Å². The van der Waals surface area contributed by atoms with Gasteiger partial charge in [-0.15, -0.1) is 12.4 Å². The van der Waals surface area contributed by atoms with E-state index in [4.69, 9.17) is 5.73 Å². The molecule has 1 nitrogen and oxygen atoms in total. The van der Waals surface area contributed by atoms with Crippen molar-refractivity contribution in [1.29, 1.82) is 0 Å². The number of nitrogens with two attached hydrogens (primary N) is 1. The first-order valence-corrected chi connectivity index (χ1v) is 4.59. The normalized spacial score (nSPS) is 11.7. The number of hydrogen-bond acceptors (Lipinski definition) is 1. The summed E-state index contributed by atoms with van der Waals surface area (Å²) >= 11 is 0. The molecule has 2 N–H and O–H groups in total. The topological polar surface area (TPSA) is 26.0 Å². The average Bonchev–Trinajstić information content (AvgIpc) is 2.16. The summed E-state index contributed by atoms with van der Waals surface area (Å²) in [4.78, 5) is 0. The molecule has 0 atom stereocenters. The molecule has 0 aromatic heterocycles. The molecular weight excluding hydrogens is 194 g/mol. The van der Waals surface area contributed by atoms with Gasteiger partial charge in [0.2, 0.25) is 0 Å². The van der Waals surface area contributed by atoms with Crippen LogP contribution in [0.2, 0.25) is 0 Å². The number of benzene rings is 1. The van der Waals surface area contributed by atoms with Gasteiger partial charge in [-0.05, 0) is 37.5 Å². The number of hydrogen-bond donors (Lipinski definition) is 1. The zero-order valence-electron chi connectivity index (χ0n) is 9.00. The van der Waals surface area contributed by atoms with Gasteiger partial charge < -0.3 is 5.73 Å². The molecule has 0 aliphatic carbocycles. The standard InChI is InChI=1S/C12H17N.ClH/c1-9-6-4-5-7-12(9)11(3)10(2)8-13;/h4-7H,8,13H2,1-3H3;1H. The Morgan fingerprint density at radius 2 is 1.79 bits per heavy atom. The third kappa shape index (κ3) is 2.86. The van der Waals surface area contributed by atoms with Gasteiger partial charge in [0.05, 0.1) is 0 Å². The Bertz CT molecular complexity index is 329. The molecule has 0 aliphatic heterocycles. The number of rotatable bonds is 2. The molecule has 2 heteroatoms. The summed E-state index contributed by atoms with van der Waals surface area (Å²) < 4.78 is 0. The van der Waals surface area contributed by atoms with Crippen LogP contribution in [-0.2, 0) is 0 Å². The minimum Gasteiger partial charge on any atom is -0.327 e. The first kappa shape index (κ1) is 13.2. The van der Waals surface area contributed by atoms with Crippen LogP contribution in [0.15, 0.2) is 29.8 Å². The fraction of sp³-hybridized carbons (Fsp3) is 0.333. The lowest BCUT2D eigenvalue weighted by Crippen LogP contribution is -2.02. The van der Waals surface area contributed by atoms with E-state index < -0.39 is 0 Å². The molecule has 1 aromatic carbocycles. The number of aryl methyl sites for hydroxylation is 1. The zero-order valence-corrected chi connectivity index (χ0v) is 9.82. The minimum atomic E-state index is 0. The van der Waals surface area contributed by atoms with Crippen LogP contribution in [0.3, 0.4) is 0 Å². The van der Waals surface area contributed by atoms with Crippen molar-refractivity contribution in [2.75, 3.05) is 6.54 Å². The van der Waals surface area contributed by atoms with Crippen LogP contribution in [0, 0.1) is 6.92 Å². The second-order valence-corrected chi connectivity index (χ2v) is 3.42. The van der Waals surface area contributed by atoms with E-state index in [0.29, 0.717) is 6.54 Å². The second kappa shape index (κ2) is 5.84.